The van der Waals surface area contributed by atoms with Gasteiger partial charge in [-0.25, -0.2) is 4.79 Å². The smallest absolute Gasteiger partial charge is 0.353 e. The Morgan fingerprint density at radius 2 is 2.11 bits per heavy atom. The summed E-state index contributed by atoms with van der Waals surface area (Å²) in [5, 5.41) is 17.2. The number of rotatable bonds is 3. The molecule has 0 aliphatic carbocycles. The lowest BCUT2D eigenvalue weighted by Gasteiger charge is -2.01. The van der Waals surface area contributed by atoms with Crippen molar-refractivity contribution in [1.29, 1.82) is 0 Å². The van der Waals surface area contributed by atoms with Crippen molar-refractivity contribution in [2.45, 2.75) is 0 Å². The largest absolute Gasteiger partial charge is 0.477 e. The maximum Gasteiger partial charge on any atom is 0.353 e. The Kier molecular flexibility index (Phi) is 3.60. The fourth-order valence-corrected chi connectivity index (χ4v) is 1.86. The van der Waals surface area contributed by atoms with Crippen molar-refractivity contribution in [2.75, 3.05) is 5.32 Å². The van der Waals surface area contributed by atoms with Crippen LogP contribution in [0.3, 0.4) is 0 Å². The number of carbonyl (C=O) groups excluding carboxylic acids is 1. The zero-order chi connectivity index (χ0) is 13.1. The average Bonchev–Trinajstić information content (AvgIpc) is 2.77. The Bertz CT molecular complexity index is 609. The number of carboxylic acids is 1. The van der Waals surface area contributed by atoms with Gasteiger partial charge >= 0.3 is 5.97 Å². The number of nitrogens with one attached hydrogen (secondary N) is 2. The lowest BCUT2D eigenvalue weighted by Crippen LogP contribution is -2.12. The number of benzene rings is 1. The van der Waals surface area contributed by atoms with Crippen LogP contribution in [-0.4, -0.2) is 27.2 Å². The van der Waals surface area contributed by atoms with Gasteiger partial charge in [0.1, 0.15) is 5.69 Å². The summed E-state index contributed by atoms with van der Waals surface area (Å²) in [5.74, 6) is -1.29. The highest BCUT2D eigenvalue weighted by Gasteiger charge is 2.11. The number of aromatic amines is 1. The highest BCUT2D eigenvalue weighted by molar-refractivity contribution is 14.1. The van der Waals surface area contributed by atoms with E-state index >= 15 is 0 Å². The van der Waals surface area contributed by atoms with Crippen molar-refractivity contribution in [3.05, 3.63) is 45.2 Å². The molecule has 0 unspecified atom stereocenters. The zero-order valence-electron chi connectivity index (χ0n) is 8.98. The molecule has 0 aliphatic heterocycles. The molecule has 0 spiro atoms. The Labute approximate surface area is 116 Å². The molecular formula is C11H8IN3O3. The van der Waals surface area contributed by atoms with Gasteiger partial charge < -0.3 is 10.4 Å². The van der Waals surface area contributed by atoms with E-state index in [-0.39, 0.29) is 17.4 Å². The molecule has 0 bridgehead atoms. The van der Waals surface area contributed by atoms with E-state index in [1.165, 1.54) is 6.07 Å². The lowest BCUT2D eigenvalue weighted by molar-refractivity contribution is 0.0690. The molecule has 0 aliphatic rings. The summed E-state index contributed by atoms with van der Waals surface area (Å²) in [6, 6.07) is 8.29. The number of amides is 1. The summed E-state index contributed by atoms with van der Waals surface area (Å²) in [4.78, 5) is 22.5. The van der Waals surface area contributed by atoms with Crippen molar-refractivity contribution < 1.29 is 14.7 Å². The summed E-state index contributed by atoms with van der Waals surface area (Å²) in [6.45, 7) is 0. The van der Waals surface area contributed by atoms with Crippen LogP contribution in [0.5, 0.6) is 0 Å². The number of hydrogen-bond donors (Lipinski definition) is 3. The SMILES string of the molecule is O=C(Nc1cc(C(=O)O)[nH]n1)c1cccc(I)c1. The van der Waals surface area contributed by atoms with Gasteiger partial charge in [0.15, 0.2) is 5.82 Å². The van der Waals surface area contributed by atoms with E-state index in [1.54, 1.807) is 18.2 Å². The molecule has 0 saturated carbocycles. The normalized spacial score (nSPS) is 10.1. The number of hydrogen-bond acceptors (Lipinski definition) is 3. The van der Waals surface area contributed by atoms with E-state index in [0.29, 0.717) is 5.56 Å². The third-order valence-corrected chi connectivity index (χ3v) is 2.81. The number of aromatic nitrogens is 2. The van der Waals surface area contributed by atoms with Gasteiger partial charge in [0.25, 0.3) is 5.91 Å². The summed E-state index contributed by atoms with van der Waals surface area (Å²) >= 11 is 2.10. The number of H-pyrrole nitrogens is 1. The van der Waals surface area contributed by atoms with Crippen molar-refractivity contribution >= 4 is 40.3 Å². The van der Waals surface area contributed by atoms with Crippen molar-refractivity contribution in [1.82, 2.24) is 10.2 Å². The number of carboxylic acid groups (broad SMARTS) is 1. The predicted octanol–water partition coefficient (Wildman–Crippen LogP) is 1.96. The maximum atomic E-state index is 11.8. The summed E-state index contributed by atoms with van der Waals surface area (Å²) in [5.41, 5.74) is 0.412. The highest BCUT2D eigenvalue weighted by atomic mass is 127. The minimum atomic E-state index is -1.13. The molecule has 2 aromatic rings. The highest BCUT2D eigenvalue weighted by Crippen LogP contribution is 2.11. The second-order valence-electron chi connectivity index (χ2n) is 3.44. The van der Waals surface area contributed by atoms with Crippen LogP contribution in [0.1, 0.15) is 20.8 Å². The lowest BCUT2D eigenvalue weighted by atomic mass is 10.2. The van der Waals surface area contributed by atoms with Gasteiger partial charge in [-0.3, -0.25) is 9.89 Å². The van der Waals surface area contributed by atoms with E-state index in [9.17, 15) is 9.59 Å². The van der Waals surface area contributed by atoms with Crippen LogP contribution in [0.2, 0.25) is 0 Å². The topological polar surface area (TPSA) is 95.1 Å². The zero-order valence-corrected chi connectivity index (χ0v) is 11.1. The second-order valence-corrected chi connectivity index (χ2v) is 4.68. The van der Waals surface area contributed by atoms with Crippen LogP contribution < -0.4 is 5.32 Å². The van der Waals surface area contributed by atoms with Crippen LogP contribution >= 0.6 is 22.6 Å². The van der Waals surface area contributed by atoms with E-state index in [1.807, 2.05) is 6.07 Å². The third-order valence-electron chi connectivity index (χ3n) is 2.14. The van der Waals surface area contributed by atoms with Crippen molar-refractivity contribution in [3.63, 3.8) is 0 Å². The van der Waals surface area contributed by atoms with Gasteiger partial charge in [-0.2, -0.15) is 5.10 Å². The molecule has 0 fully saturated rings. The molecular weight excluding hydrogens is 349 g/mol. The van der Waals surface area contributed by atoms with Crippen molar-refractivity contribution in [2.24, 2.45) is 0 Å². The van der Waals surface area contributed by atoms with Crippen LogP contribution in [0.4, 0.5) is 5.82 Å². The van der Waals surface area contributed by atoms with E-state index < -0.39 is 5.97 Å². The van der Waals surface area contributed by atoms with Crippen LogP contribution in [0, 0.1) is 3.57 Å². The molecule has 1 aromatic carbocycles. The van der Waals surface area contributed by atoms with E-state index in [2.05, 4.69) is 38.1 Å². The molecule has 7 heteroatoms. The van der Waals surface area contributed by atoms with Crippen LogP contribution in [-0.2, 0) is 0 Å². The second kappa shape index (κ2) is 5.17. The van der Waals surface area contributed by atoms with Gasteiger partial charge in [0.05, 0.1) is 0 Å². The molecule has 2 rings (SSSR count). The van der Waals surface area contributed by atoms with Gasteiger partial charge in [0, 0.05) is 15.2 Å². The molecule has 1 heterocycles. The standard InChI is InChI=1S/C11H8IN3O3/c12-7-3-1-2-6(4-7)10(16)13-9-5-8(11(17)18)14-15-9/h1-5H,(H,17,18)(H2,13,14,15,16). The van der Waals surface area contributed by atoms with Gasteiger partial charge in [-0.1, -0.05) is 6.07 Å². The first-order chi connectivity index (χ1) is 8.56. The fraction of sp³-hybridized carbons (Fsp3) is 0. The Balaban J connectivity index is 2.13. The minimum Gasteiger partial charge on any atom is -0.477 e. The third kappa shape index (κ3) is 2.86. The number of aromatic carboxylic acids is 1. The van der Waals surface area contributed by atoms with Crippen molar-refractivity contribution in [3.8, 4) is 0 Å². The minimum absolute atomic E-state index is 0.0760. The summed E-state index contributed by atoms with van der Waals surface area (Å²) < 4.78 is 0.938. The summed E-state index contributed by atoms with van der Waals surface area (Å²) in [7, 11) is 0. The van der Waals surface area contributed by atoms with Gasteiger partial charge in [-0.05, 0) is 40.8 Å². The Hall–Kier alpha value is -1.90. The maximum absolute atomic E-state index is 11.8. The quantitative estimate of drug-likeness (QED) is 0.732. The molecule has 1 aromatic heterocycles. The monoisotopic (exact) mass is 357 g/mol. The number of carbonyl (C=O) groups is 2. The number of nitrogens with zero attached hydrogens (tertiary/aromatic N) is 1. The first-order valence-corrected chi connectivity index (χ1v) is 6.00. The summed E-state index contributed by atoms with van der Waals surface area (Å²) in [6.07, 6.45) is 0. The molecule has 0 atom stereocenters. The molecule has 3 N–H and O–H groups in total. The van der Waals surface area contributed by atoms with E-state index in [4.69, 9.17) is 5.11 Å². The molecule has 92 valence electrons. The fourth-order valence-electron chi connectivity index (χ4n) is 1.31. The van der Waals surface area contributed by atoms with Crippen LogP contribution in [0.15, 0.2) is 30.3 Å². The molecule has 0 saturated heterocycles. The molecule has 0 radical (unpaired) electrons. The molecule has 1 amide bonds. The van der Waals surface area contributed by atoms with E-state index in [0.717, 1.165) is 3.57 Å². The number of halogens is 1. The number of anilines is 1. The first-order valence-electron chi connectivity index (χ1n) is 4.92. The Morgan fingerprint density at radius 1 is 1.33 bits per heavy atom. The molecule has 18 heavy (non-hydrogen) atoms. The first kappa shape index (κ1) is 12.6. The predicted molar refractivity (Wildman–Crippen MR) is 72.7 cm³/mol. The average molecular weight is 357 g/mol. The molecule has 6 nitrogen and oxygen atoms in total. The Morgan fingerprint density at radius 3 is 2.72 bits per heavy atom. The van der Waals surface area contributed by atoms with Gasteiger partial charge in [-0.15, -0.1) is 0 Å². The van der Waals surface area contributed by atoms with Crippen LogP contribution in [0.25, 0.3) is 0 Å². The van der Waals surface area contributed by atoms with Gasteiger partial charge in [0.2, 0.25) is 0 Å².